The lowest BCUT2D eigenvalue weighted by Gasteiger charge is -2.36. The highest BCUT2D eigenvalue weighted by Gasteiger charge is 2.22. The largest absolute Gasteiger partial charge is 0.368 e. The molecular formula is C23H27N7OS. The molecule has 0 unspecified atom stereocenters. The van der Waals surface area contributed by atoms with Crippen molar-refractivity contribution in [3.63, 3.8) is 0 Å². The molecule has 166 valence electrons. The predicted octanol–water partition coefficient (Wildman–Crippen LogP) is 3.34. The average Bonchev–Trinajstić information content (AvgIpc) is 2.83. The van der Waals surface area contributed by atoms with Gasteiger partial charge in [0.05, 0.1) is 11.0 Å². The molecule has 1 saturated heterocycles. The van der Waals surface area contributed by atoms with Crippen molar-refractivity contribution in [2.75, 3.05) is 47.9 Å². The maximum Gasteiger partial charge on any atom is 0.232 e. The van der Waals surface area contributed by atoms with Crippen molar-refractivity contribution in [2.24, 2.45) is 0 Å². The molecule has 0 bridgehead atoms. The van der Waals surface area contributed by atoms with Crippen LogP contribution >= 0.6 is 11.8 Å². The fourth-order valence-corrected chi connectivity index (χ4v) is 4.34. The molecule has 8 nitrogen and oxygen atoms in total. The van der Waals surface area contributed by atoms with E-state index in [1.807, 2.05) is 60.4 Å². The molecule has 2 heterocycles. The summed E-state index contributed by atoms with van der Waals surface area (Å²) in [4.78, 5) is 29.9. The van der Waals surface area contributed by atoms with Gasteiger partial charge in [0.2, 0.25) is 17.8 Å². The summed E-state index contributed by atoms with van der Waals surface area (Å²) in [5, 5.41) is 3.05. The molecule has 0 saturated carbocycles. The normalized spacial score (nSPS) is 14.8. The molecule has 1 atom stereocenters. The number of hydrogen-bond donors (Lipinski definition) is 2. The van der Waals surface area contributed by atoms with Crippen molar-refractivity contribution in [3.8, 4) is 0 Å². The second kappa shape index (κ2) is 10.3. The van der Waals surface area contributed by atoms with Crippen molar-refractivity contribution >= 4 is 40.9 Å². The molecule has 4 rings (SSSR count). The van der Waals surface area contributed by atoms with E-state index in [-0.39, 0.29) is 17.1 Å². The molecule has 0 radical (unpaired) electrons. The smallest absolute Gasteiger partial charge is 0.232 e. The third-order valence-electron chi connectivity index (χ3n) is 5.27. The van der Waals surface area contributed by atoms with Crippen molar-refractivity contribution in [1.82, 2.24) is 19.9 Å². The van der Waals surface area contributed by atoms with Crippen molar-refractivity contribution in [1.29, 1.82) is 0 Å². The maximum atomic E-state index is 12.7. The third-order valence-corrected chi connectivity index (χ3v) is 6.40. The lowest BCUT2D eigenvalue weighted by atomic mass is 10.2. The van der Waals surface area contributed by atoms with Gasteiger partial charge in [-0.3, -0.25) is 4.79 Å². The van der Waals surface area contributed by atoms with Gasteiger partial charge in [-0.15, -0.1) is 11.8 Å². The molecule has 0 spiro atoms. The molecular weight excluding hydrogens is 422 g/mol. The quantitative estimate of drug-likeness (QED) is 0.566. The van der Waals surface area contributed by atoms with Gasteiger partial charge in [0.1, 0.15) is 5.82 Å². The van der Waals surface area contributed by atoms with Crippen molar-refractivity contribution in [3.05, 3.63) is 66.5 Å². The van der Waals surface area contributed by atoms with Crippen molar-refractivity contribution < 1.29 is 4.79 Å². The minimum atomic E-state index is -0.0915. The molecule has 1 aliphatic rings. The number of hydrogen-bond acceptors (Lipinski definition) is 8. The van der Waals surface area contributed by atoms with E-state index in [0.29, 0.717) is 17.5 Å². The number of para-hydroxylation sites is 2. The highest BCUT2D eigenvalue weighted by atomic mass is 32.2. The molecule has 3 aromatic rings. The number of rotatable bonds is 7. The van der Waals surface area contributed by atoms with E-state index in [9.17, 15) is 4.79 Å². The summed E-state index contributed by atoms with van der Waals surface area (Å²) < 4.78 is 0. The first-order valence-electron chi connectivity index (χ1n) is 10.6. The van der Waals surface area contributed by atoms with E-state index >= 15 is 0 Å². The first-order valence-corrected chi connectivity index (χ1v) is 11.7. The number of carbonyl (C=O) groups is 1. The van der Waals surface area contributed by atoms with Gasteiger partial charge in [-0.05, 0) is 31.2 Å². The number of carbonyl (C=O) groups excluding carboxylic acids is 1. The lowest BCUT2D eigenvalue weighted by Crippen LogP contribution is -2.49. The number of nitrogens with two attached hydrogens (primary N) is 1. The molecule has 0 aliphatic carbocycles. The number of aromatic nitrogens is 3. The predicted molar refractivity (Wildman–Crippen MR) is 130 cm³/mol. The van der Waals surface area contributed by atoms with Crippen LogP contribution in [0.2, 0.25) is 0 Å². The molecule has 32 heavy (non-hydrogen) atoms. The zero-order valence-electron chi connectivity index (χ0n) is 18.0. The summed E-state index contributed by atoms with van der Waals surface area (Å²) in [5.74, 6) is 1.63. The Morgan fingerprint density at radius 2 is 1.66 bits per heavy atom. The second-order valence-corrected chi connectivity index (χ2v) is 8.85. The number of amides is 1. The second-order valence-electron chi connectivity index (χ2n) is 7.52. The molecule has 1 amide bonds. The molecule has 2 aromatic carbocycles. The van der Waals surface area contributed by atoms with Crippen LogP contribution in [-0.4, -0.2) is 57.7 Å². The lowest BCUT2D eigenvalue weighted by molar-refractivity contribution is -0.128. The fraction of sp³-hybridized carbons (Fsp3) is 0.304. The van der Waals surface area contributed by atoms with Gasteiger partial charge in [-0.2, -0.15) is 15.0 Å². The number of piperazine rings is 1. The summed E-state index contributed by atoms with van der Waals surface area (Å²) in [7, 11) is 0. The first kappa shape index (κ1) is 21.9. The number of nitrogens with zero attached hydrogens (tertiary/aromatic N) is 5. The van der Waals surface area contributed by atoms with Crippen molar-refractivity contribution in [2.45, 2.75) is 12.2 Å². The van der Waals surface area contributed by atoms with Crippen LogP contribution < -0.4 is 16.0 Å². The van der Waals surface area contributed by atoms with E-state index in [4.69, 9.17) is 5.73 Å². The molecule has 9 heteroatoms. The minimum Gasteiger partial charge on any atom is -0.368 e. The van der Waals surface area contributed by atoms with E-state index < -0.39 is 0 Å². The Balaban J connectivity index is 1.30. The fourth-order valence-electron chi connectivity index (χ4n) is 3.51. The Morgan fingerprint density at radius 3 is 2.34 bits per heavy atom. The molecule has 3 N–H and O–H groups in total. The molecule has 1 fully saturated rings. The molecule has 1 aromatic heterocycles. The summed E-state index contributed by atoms with van der Waals surface area (Å²) in [5.41, 5.74) is 7.97. The Hall–Kier alpha value is -3.33. The average molecular weight is 450 g/mol. The van der Waals surface area contributed by atoms with Gasteiger partial charge in [0.25, 0.3) is 0 Å². The zero-order chi connectivity index (χ0) is 22.3. The van der Waals surface area contributed by atoms with Crippen LogP contribution in [0, 0.1) is 0 Å². The maximum absolute atomic E-state index is 12.7. The summed E-state index contributed by atoms with van der Waals surface area (Å²) >= 11 is 1.51. The monoisotopic (exact) mass is 449 g/mol. The number of thioether (sulfide) groups is 1. The van der Waals surface area contributed by atoms with Crippen LogP contribution in [0.15, 0.2) is 60.7 Å². The summed E-state index contributed by atoms with van der Waals surface area (Å²) in [6, 6.07) is 20.0. The van der Waals surface area contributed by atoms with Crippen LogP contribution in [-0.2, 0) is 4.79 Å². The van der Waals surface area contributed by atoms with Crippen LogP contribution in [0.5, 0.6) is 0 Å². The SMILES string of the molecule is C[C@@H](SCC(=O)N1CCN(c2ccccc2)CC1)c1nc(N)nc(Nc2ccccc2)n1. The van der Waals surface area contributed by atoms with Gasteiger partial charge in [-0.1, -0.05) is 36.4 Å². The molecule has 1 aliphatic heterocycles. The van der Waals surface area contributed by atoms with Gasteiger partial charge < -0.3 is 20.9 Å². The highest BCUT2D eigenvalue weighted by molar-refractivity contribution is 8.00. The Labute approximate surface area is 192 Å². The third kappa shape index (κ3) is 5.67. The Bertz CT molecular complexity index is 1030. The summed E-state index contributed by atoms with van der Waals surface area (Å²) in [6.07, 6.45) is 0. The first-order chi connectivity index (χ1) is 15.6. The van der Waals surface area contributed by atoms with Crippen LogP contribution in [0.25, 0.3) is 0 Å². The van der Waals surface area contributed by atoms with Gasteiger partial charge in [-0.25, -0.2) is 0 Å². The topological polar surface area (TPSA) is 100 Å². The highest BCUT2D eigenvalue weighted by Crippen LogP contribution is 2.27. The summed E-state index contributed by atoms with van der Waals surface area (Å²) in [6.45, 7) is 5.12. The minimum absolute atomic E-state index is 0.0915. The van der Waals surface area contributed by atoms with Gasteiger partial charge >= 0.3 is 0 Å². The van der Waals surface area contributed by atoms with Crippen LogP contribution in [0.3, 0.4) is 0 Å². The Kier molecular flexibility index (Phi) is 7.06. The van der Waals surface area contributed by atoms with Crippen LogP contribution in [0.1, 0.15) is 18.0 Å². The number of nitrogen functional groups attached to an aromatic ring is 1. The van der Waals surface area contributed by atoms with Crippen LogP contribution in [0.4, 0.5) is 23.3 Å². The van der Waals surface area contributed by atoms with E-state index in [1.165, 1.54) is 17.4 Å². The van der Waals surface area contributed by atoms with Gasteiger partial charge in [0.15, 0.2) is 0 Å². The standard InChI is InChI=1S/C23H27N7OS/c1-17(21-26-22(24)28-23(27-21)25-18-8-4-2-5-9-18)32-16-20(31)30-14-12-29(13-15-30)19-10-6-3-7-11-19/h2-11,17H,12-16H2,1H3,(H3,24,25,26,27,28)/t17-/m1/s1. The number of nitrogens with one attached hydrogen (secondary N) is 1. The Morgan fingerprint density at radius 1 is 1.00 bits per heavy atom. The number of anilines is 4. The number of benzene rings is 2. The zero-order valence-corrected chi connectivity index (χ0v) is 18.8. The van der Waals surface area contributed by atoms with E-state index in [2.05, 4.69) is 37.3 Å². The van der Waals surface area contributed by atoms with E-state index in [1.54, 1.807) is 0 Å². The van der Waals surface area contributed by atoms with E-state index in [0.717, 1.165) is 31.9 Å². The van der Waals surface area contributed by atoms with Gasteiger partial charge in [0, 0.05) is 37.6 Å².